The summed E-state index contributed by atoms with van der Waals surface area (Å²) < 4.78 is 21.4. The van der Waals surface area contributed by atoms with E-state index < -0.39 is 6.37 Å². The predicted octanol–water partition coefficient (Wildman–Crippen LogP) is 3.87. The van der Waals surface area contributed by atoms with Crippen LogP contribution in [-0.4, -0.2) is 7.11 Å². The minimum Gasteiger partial charge on any atom is -0.497 e. The molecule has 0 fully saturated rings. The standard InChI is InChI=1S/C16H18O/c1-17-16-12-10-15(11-13-16)9-5-8-14-6-3-2-4-7-14/h2-4,6-7,10-13H,5,8-9H2,1H3/i8D2. The van der Waals surface area contributed by atoms with Crippen molar-refractivity contribution in [3.05, 3.63) is 65.7 Å². The molecule has 0 saturated carbocycles. The van der Waals surface area contributed by atoms with E-state index in [0.717, 1.165) is 16.9 Å². The molecular weight excluding hydrogens is 208 g/mol. The van der Waals surface area contributed by atoms with E-state index in [9.17, 15) is 0 Å². The van der Waals surface area contributed by atoms with Crippen LogP contribution in [0.2, 0.25) is 0 Å². The summed E-state index contributed by atoms with van der Waals surface area (Å²) in [6, 6.07) is 17.1. The molecule has 0 spiro atoms. The summed E-state index contributed by atoms with van der Waals surface area (Å²) in [4.78, 5) is 0. The largest absolute Gasteiger partial charge is 0.497 e. The van der Waals surface area contributed by atoms with Crippen LogP contribution in [0.25, 0.3) is 0 Å². The van der Waals surface area contributed by atoms with Crippen molar-refractivity contribution in [3.63, 3.8) is 0 Å². The normalized spacial score (nSPS) is 12.8. The fourth-order valence-electron chi connectivity index (χ4n) is 1.70. The van der Waals surface area contributed by atoms with Crippen LogP contribution in [0.15, 0.2) is 54.6 Å². The van der Waals surface area contributed by atoms with Crippen molar-refractivity contribution in [1.82, 2.24) is 0 Å². The molecule has 0 radical (unpaired) electrons. The maximum atomic E-state index is 8.14. The molecule has 0 atom stereocenters. The number of hydrogen-bond acceptors (Lipinski definition) is 1. The third-order valence-corrected chi connectivity index (χ3v) is 2.68. The Morgan fingerprint density at radius 2 is 1.65 bits per heavy atom. The minimum absolute atomic E-state index is 0.476. The fourth-order valence-corrected chi connectivity index (χ4v) is 1.70. The van der Waals surface area contributed by atoms with Crippen LogP contribution in [0.4, 0.5) is 0 Å². The molecule has 0 aliphatic rings. The smallest absolute Gasteiger partial charge is 0.118 e. The van der Waals surface area contributed by atoms with Gasteiger partial charge in [-0.1, -0.05) is 42.5 Å². The predicted molar refractivity (Wildman–Crippen MR) is 71.5 cm³/mol. The molecule has 2 aromatic carbocycles. The summed E-state index contributed by atoms with van der Waals surface area (Å²) >= 11 is 0. The van der Waals surface area contributed by atoms with Gasteiger partial charge < -0.3 is 4.74 Å². The van der Waals surface area contributed by atoms with E-state index in [1.807, 2.05) is 54.6 Å². The Balaban J connectivity index is 2.01. The molecule has 0 aliphatic heterocycles. The Kier molecular flexibility index (Phi) is 3.33. The van der Waals surface area contributed by atoms with Gasteiger partial charge in [-0.05, 0) is 42.5 Å². The average molecular weight is 228 g/mol. The van der Waals surface area contributed by atoms with Crippen molar-refractivity contribution < 1.29 is 7.48 Å². The fraction of sp³-hybridized carbons (Fsp3) is 0.250. The number of hydrogen-bond donors (Lipinski definition) is 0. The van der Waals surface area contributed by atoms with Gasteiger partial charge in [-0.2, -0.15) is 0 Å². The second kappa shape index (κ2) is 6.09. The second-order valence-corrected chi connectivity index (χ2v) is 3.89. The SMILES string of the molecule is [2H]C([2H])(CCc1ccc(OC)cc1)c1ccccc1. The molecule has 0 amide bonds. The van der Waals surface area contributed by atoms with Gasteiger partial charge in [0.2, 0.25) is 0 Å². The Morgan fingerprint density at radius 1 is 0.941 bits per heavy atom. The van der Waals surface area contributed by atoms with Crippen molar-refractivity contribution >= 4 is 0 Å². The lowest BCUT2D eigenvalue weighted by Gasteiger charge is -2.04. The highest BCUT2D eigenvalue weighted by atomic mass is 16.5. The first-order valence-corrected chi connectivity index (χ1v) is 5.80. The van der Waals surface area contributed by atoms with Crippen LogP contribution >= 0.6 is 0 Å². The molecule has 0 saturated heterocycles. The van der Waals surface area contributed by atoms with Crippen molar-refractivity contribution in [2.24, 2.45) is 0 Å². The van der Waals surface area contributed by atoms with Gasteiger partial charge in [0.15, 0.2) is 0 Å². The lowest BCUT2D eigenvalue weighted by atomic mass is 10.0. The average Bonchev–Trinajstić information content (AvgIpc) is 2.47. The zero-order chi connectivity index (χ0) is 13.7. The summed E-state index contributed by atoms with van der Waals surface area (Å²) in [5.74, 6) is 0.829. The Hall–Kier alpha value is -1.76. The highest BCUT2D eigenvalue weighted by Crippen LogP contribution is 2.13. The van der Waals surface area contributed by atoms with Crippen LogP contribution in [-0.2, 0) is 12.8 Å². The van der Waals surface area contributed by atoms with E-state index in [2.05, 4.69) is 0 Å². The zero-order valence-corrected chi connectivity index (χ0v) is 10.0. The topological polar surface area (TPSA) is 9.23 Å². The van der Waals surface area contributed by atoms with Crippen molar-refractivity contribution in [2.75, 3.05) is 7.11 Å². The lowest BCUT2D eigenvalue weighted by Crippen LogP contribution is -1.90. The van der Waals surface area contributed by atoms with Gasteiger partial charge in [0, 0.05) is 2.74 Å². The lowest BCUT2D eigenvalue weighted by molar-refractivity contribution is 0.414. The molecule has 0 aromatic heterocycles. The summed E-state index contributed by atoms with van der Waals surface area (Å²) in [7, 11) is 1.64. The van der Waals surface area contributed by atoms with Crippen LogP contribution in [0.3, 0.4) is 0 Å². The highest BCUT2D eigenvalue weighted by molar-refractivity contribution is 5.27. The van der Waals surface area contributed by atoms with E-state index >= 15 is 0 Å². The number of aryl methyl sites for hydroxylation is 2. The van der Waals surface area contributed by atoms with Crippen LogP contribution in [0.5, 0.6) is 5.75 Å². The molecular formula is C16H18O. The summed E-state index contributed by atoms with van der Waals surface area (Å²) in [6.45, 7) is 0. The number of methoxy groups -OCH3 is 1. The maximum absolute atomic E-state index is 8.14. The van der Waals surface area contributed by atoms with Crippen LogP contribution < -0.4 is 4.74 Å². The van der Waals surface area contributed by atoms with Gasteiger partial charge in [-0.3, -0.25) is 0 Å². The first-order valence-electron chi connectivity index (χ1n) is 6.80. The quantitative estimate of drug-likeness (QED) is 0.755. The minimum atomic E-state index is -1.29. The molecule has 0 aliphatic carbocycles. The van der Waals surface area contributed by atoms with E-state index in [0.29, 0.717) is 12.8 Å². The third kappa shape index (κ3) is 3.63. The molecule has 88 valence electrons. The van der Waals surface area contributed by atoms with E-state index in [-0.39, 0.29) is 0 Å². The van der Waals surface area contributed by atoms with E-state index in [1.165, 1.54) is 0 Å². The van der Waals surface area contributed by atoms with Gasteiger partial charge in [-0.15, -0.1) is 0 Å². The zero-order valence-electron chi connectivity index (χ0n) is 12.0. The number of rotatable bonds is 5. The van der Waals surface area contributed by atoms with Crippen molar-refractivity contribution in [1.29, 1.82) is 0 Å². The Labute approximate surface area is 106 Å². The molecule has 1 heteroatoms. The molecule has 0 unspecified atom stereocenters. The molecule has 2 rings (SSSR count). The molecule has 0 N–H and O–H groups in total. The van der Waals surface area contributed by atoms with Gasteiger partial charge >= 0.3 is 0 Å². The summed E-state index contributed by atoms with van der Waals surface area (Å²) in [5.41, 5.74) is 1.86. The maximum Gasteiger partial charge on any atom is 0.118 e. The second-order valence-electron chi connectivity index (χ2n) is 3.89. The number of ether oxygens (including phenoxy) is 1. The van der Waals surface area contributed by atoms with Gasteiger partial charge in [-0.25, -0.2) is 0 Å². The Bertz CT molecular complexity index is 506. The molecule has 0 bridgehead atoms. The van der Waals surface area contributed by atoms with E-state index in [1.54, 1.807) is 7.11 Å². The van der Waals surface area contributed by atoms with Gasteiger partial charge in [0.05, 0.1) is 7.11 Å². The molecule has 17 heavy (non-hydrogen) atoms. The Morgan fingerprint density at radius 3 is 2.29 bits per heavy atom. The molecule has 2 aromatic rings. The van der Waals surface area contributed by atoms with Crippen molar-refractivity contribution in [3.8, 4) is 5.75 Å². The molecule has 1 nitrogen and oxygen atoms in total. The summed E-state index contributed by atoms with van der Waals surface area (Å²) in [5, 5.41) is 0. The first-order chi connectivity index (χ1) is 9.12. The third-order valence-electron chi connectivity index (χ3n) is 2.68. The monoisotopic (exact) mass is 228 g/mol. The van der Waals surface area contributed by atoms with Crippen LogP contribution in [0.1, 0.15) is 20.3 Å². The van der Waals surface area contributed by atoms with E-state index in [4.69, 9.17) is 7.48 Å². The first kappa shape index (κ1) is 9.29. The van der Waals surface area contributed by atoms with Gasteiger partial charge in [0.1, 0.15) is 5.75 Å². The highest BCUT2D eigenvalue weighted by Gasteiger charge is 1.96. The van der Waals surface area contributed by atoms with Gasteiger partial charge in [0.25, 0.3) is 0 Å². The number of benzene rings is 2. The van der Waals surface area contributed by atoms with Crippen LogP contribution in [0, 0.1) is 0 Å². The van der Waals surface area contributed by atoms with Crippen molar-refractivity contribution in [2.45, 2.75) is 19.2 Å². The molecule has 0 heterocycles. The summed E-state index contributed by atoms with van der Waals surface area (Å²) in [6.07, 6.45) is -0.101.